The van der Waals surface area contributed by atoms with Gasteiger partial charge in [0.1, 0.15) is 0 Å². The number of fused-ring (bicyclic) bond motifs is 1. The van der Waals surface area contributed by atoms with Gasteiger partial charge in [-0.1, -0.05) is 30.3 Å². The Balaban J connectivity index is 1.46. The third kappa shape index (κ3) is 5.26. The molecule has 1 heterocycles. The molecule has 1 aromatic heterocycles. The average Bonchev–Trinajstić information content (AvgIpc) is 2.83. The molecule has 4 aromatic rings. The van der Waals surface area contributed by atoms with Crippen LogP contribution in [0, 0.1) is 0 Å². The van der Waals surface area contributed by atoms with Crippen molar-refractivity contribution in [3.63, 3.8) is 0 Å². The first-order valence-corrected chi connectivity index (χ1v) is 12.1. The molecule has 0 atom stereocenters. The zero-order valence-electron chi connectivity index (χ0n) is 18.8. The molecule has 0 aliphatic carbocycles. The third-order valence-corrected chi connectivity index (χ3v) is 6.64. The Bertz CT molecular complexity index is 1410. The Morgan fingerprint density at radius 2 is 1.59 bits per heavy atom. The van der Waals surface area contributed by atoms with Gasteiger partial charge in [0, 0.05) is 60.9 Å². The molecule has 3 aromatic carbocycles. The van der Waals surface area contributed by atoms with Crippen molar-refractivity contribution in [2.45, 2.75) is 11.4 Å². The normalized spacial score (nSPS) is 11.1. The molecule has 0 aliphatic rings. The van der Waals surface area contributed by atoms with E-state index in [1.807, 2.05) is 43.3 Å². The molecule has 3 N–H and O–H groups in total. The van der Waals surface area contributed by atoms with Gasteiger partial charge >= 0.3 is 6.03 Å². The van der Waals surface area contributed by atoms with Crippen LogP contribution in [0.1, 0.15) is 5.56 Å². The number of nitrogens with one attached hydrogen (secondary N) is 3. The Kier molecular flexibility index (Phi) is 6.65. The number of amides is 2. The summed E-state index contributed by atoms with van der Waals surface area (Å²) in [5, 5.41) is 6.97. The lowest BCUT2D eigenvalue weighted by Gasteiger charge is -2.17. The molecule has 0 radical (unpaired) electrons. The van der Waals surface area contributed by atoms with Crippen molar-refractivity contribution >= 4 is 43.9 Å². The number of hydrogen-bond donors (Lipinski definition) is 3. The molecule has 8 nitrogen and oxygen atoms in total. The molecular formula is C25H25N5O3S. The van der Waals surface area contributed by atoms with Crippen LogP contribution >= 0.6 is 0 Å². The Labute approximate surface area is 198 Å². The van der Waals surface area contributed by atoms with E-state index in [-0.39, 0.29) is 10.9 Å². The van der Waals surface area contributed by atoms with Gasteiger partial charge in [0.25, 0.3) is 10.0 Å². The average molecular weight is 476 g/mol. The first-order chi connectivity index (χ1) is 16.3. The number of sulfonamides is 1. The van der Waals surface area contributed by atoms with Gasteiger partial charge in [-0.05, 0) is 48.0 Å². The topological polar surface area (TPSA) is 103 Å². The Hall–Kier alpha value is -4.11. The van der Waals surface area contributed by atoms with E-state index in [0.717, 1.165) is 16.6 Å². The Morgan fingerprint density at radius 3 is 2.29 bits per heavy atom. The van der Waals surface area contributed by atoms with Gasteiger partial charge in [-0.15, -0.1) is 0 Å². The maximum absolute atomic E-state index is 13.2. The first-order valence-electron chi connectivity index (χ1n) is 10.6. The monoisotopic (exact) mass is 475 g/mol. The highest BCUT2D eigenvalue weighted by atomic mass is 32.2. The van der Waals surface area contributed by atoms with E-state index >= 15 is 0 Å². The summed E-state index contributed by atoms with van der Waals surface area (Å²) in [5.74, 6) is 0. The van der Waals surface area contributed by atoms with Crippen LogP contribution in [0.3, 0.4) is 0 Å². The van der Waals surface area contributed by atoms with Crippen LogP contribution in [0.15, 0.2) is 90.1 Å². The summed E-state index contributed by atoms with van der Waals surface area (Å²) in [6.45, 7) is 0.345. The summed E-state index contributed by atoms with van der Waals surface area (Å²) >= 11 is 0. The van der Waals surface area contributed by atoms with Gasteiger partial charge in [0.15, 0.2) is 0 Å². The van der Waals surface area contributed by atoms with Crippen molar-refractivity contribution in [2.24, 2.45) is 0 Å². The largest absolute Gasteiger partial charge is 0.377 e. The number of hydrogen-bond acceptors (Lipinski definition) is 5. The van der Waals surface area contributed by atoms with Gasteiger partial charge in [-0.2, -0.15) is 0 Å². The second-order valence-corrected chi connectivity index (χ2v) is 9.53. The van der Waals surface area contributed by atoms with Crippen LogP contribution in [0.25, 0.3) is 10.8 Å². The van der Waals surface area contributed by atoms with Crippen LogP contribution in [-0.4, -0.2) is 33.5 Å². The van der Waals surface area contributed by atoms with Gasteiger partial charge in [0.05, 0.1) is 4.90 Å². The summed E-state index contributed by atoms with van der Waals surface area (Å²) < 4.78 is 29.0. The maximum Gasteiger partial charge on any atom is 0.319 e. The van der Waals surface area contributed by atoms with Gasteiger partial charge in [-0.3, -0.25) is 9.71 Å². The number of nitrogens with zero attached hydrogens (tertiary/aromatic N) is 2. The lowest BCUT2D eigenvalue weighted by Crippen LogP contribution is -2.28. The number of rotatable bonds is 7. The summed E-state index contributed by atoms with van der Waals surface area (Å²) in [5.41, 5.74) is 2.75. The molecule has 174 valence electrons. The van der Waals surface area contributed by atoms with E-state index in [1.54, 1.807) is 60.9 Å². The van der Waals surface area contributed by atoms with E-state index < -0.39 is 10.0 Å². The van der Waals surface area contributed by atoms with Crippen molar-refractivity contribution in [3.05, 3.63) is 90.8 Å². The number of carbonyl (C=O) groups excluding carboxylic acids is 1. The van der Waals surface area contributed by atoms with Crippen molar-refractivity contribution in [1.29, 1.82) is 0 Å². The highest BCUT2D eigenvalue weighted by Crippen LogP contribution is 2.31. The Morgan fingerprint density at radius 1 is 0.882 bits per heavy atom. The minimum Gasteiger partial charge on any atom is -0.377 e. The second-order valence-electron chi connectivity index (χ2n) is 7.87. The number of pyridine rings is 1. The van der Waals surface area contributed by atoms with Crippen molar-refractivity contribution in [1.82, 2.24) is 10.3 Å². The lowest BCUT2D eigenvalue weighted by molar-refractivity contribution is 0.251. The van der Waals surface area contributed by atoms with Gasteiger partial charge in [0.2, 0.25) is 0 Å². The van der Waals surface area contributed by atoms with Crippen molar-refractivity contribution in [2.75, 3.05) is 29.0 Å². The standard InChI is InChI=1S/C25H25N5O3S/c1-30(2)23-9-3-8-22-21(23)7-4-10-24(22)34(32,33)29-20-13-11-19(12-14-20)28-25(31)27-17-18-6-5-15-26-16-18/h3-16,29H,17H2,1-2H3,(H2,27,28,31). The number of carbonyl (C=O) groups is 1. The molecule has 0 spiro atoms. The number of benzene rings is 3. The number of anilines is 3. The van der Waals surface area contributed by atoms with E-state index in [1.165, 1.54) is 0 Å². The van der Waals surface area contributed by atoms with Crippen molar-refractivity contribution in [3.8, 4) is 0 Å². The molecule has 0 saturated carbocycles. The SMILES string of the molecule is CN(C)c1cccc2c(S(=O)(=O)Nc3ccc(NC(=O)NCc4cccnc4)cc3)cccc12. The zero-order valence-corrected chi connectivity index (χ0v) is 19.6. The van der Waals surface area contributed by atoms with E-state index in [9.17, 15) is 13.2 Å². The number of aromatic nitrogens is 1. The molecule has 0 saturated heterocycles. The van der Waals surface area contributed by atoms with E-state index in [4.69, 9.17) is 0 Å². The maximum atomic E-state index is 13.2. The molecular weight excluding hydrogens is 450 g/mol. The molecule has 4 rings (SSSR count). The first kappa shape index (κ1) is 23.1. The molecule has 2 amide bonds. The predicted octanol–water partition coefficient (Wildman–Crippen LogP) is 4.42. The number of urea groups is 1. The van der Waals surface area contributed by atoms with Gasteiger partial charge in [-0.25, -0.2) is 13.2 Å². The van der Waals surface area contributed by atoms with Crippen LogP contribution < -0.4 is 20.3 Å². The molecule has 0 bridgehead atoms. The van der Waals surface area contributed by atoms with Gasteiger partial charge < -0.3 is 15.5 Å². The summed E-state index contributed by atoms with van der Waals surface area (Å²) in [6.07, 6.45) is 3.35. The van der Waals surface area contributed by atoms with Crippen LogP contribution in [0.2, 0.25) is 0 Å². The lowest BCUT2D eigenvalue weighted by atomic mass is 10.1. The minimum atomic E-state index is -3.83. The molecule has 0 fully saturated rings. The fraction of sp³-hybridized carbons (Fsp3) is 0.120. The quantitative estimate of drug-likeness (QED) is 0.367. The van der Waals surface area contributed by atoms with Crippen LogP contribution in [0.4, 0.5) is 21.9 Å². The predicted molar refractivity (Wildman–Crippen MR) is 136 cm³/mol. The second kappa shape index (κ2) is 9.80. The summed E-state index contributed by atoms with van der Waals surface area (Å²) in [7, 11) is 0.00747. The third-order valence-electron chi connectivity index (χ3n) is 5.20. The smallest absolute Gasteiger partial charge is 0.319 e. The fourth-order valence-electron chi connectivity index (χ4n) is 3.58. The highest BCUT2D eigenvalue weighted by molar-refractivity contribution is 7.93. The van der Waals surface area contributed by atoms with E-state index in [0.29, 0.717) is 23.3 Å². The van der Waals surface area contributed by atoms with Crippen LogP contribution in [0.5, 0.6) is 0 Å². The highest BCUT2D eigenvalue weighted by Gasteiger charge is 2.18. The van der Waals surface area contributed by atoms with Crippen molar-refractivity contribution < 1.29 is 13.2 Å². The molecule has 9 heteroatoms. The zero-order chi connectivity index (χ0) is 24.1. The molecule has 0 aliphatic heterocycles. The summed E-state index contributed by atoms with van der Waals surface area (Å²) in [6, 6.07) is 20.6. The van der Waals surface area contributed by atoms with Crippen LogP contribution in [-0.2, 0) is 16.6 Å². The fourth-order valence-corrected chi connectivity index (χ4v) is 4.86. The minimum absolute atomic E-state index is 0.200. The molecule has 34 heavy (non-hydrogen) atoms. The summed E-state index contributed by atoms with van der Waals surface area (Å²) in [4.78, 5) is 18.3. The van der Waals surface area contributed by atoms with E-state index in [2.05, 4.69) is 20.3 Å². The molecule has 0 unspecified atom stereocenters.